The zero-order valence-corrected chi connectivity index (χ0v) is 13.1. The van der Waals surface area contributed by atoms with E-state index in [0.717, 1.165) is 17.3 Å². The number of halogens is 3. The lowest BCUT2D eigenvalue weighted by atomic mass is 9.76. The highest BCUT2D eigenvalue weighted by Gasteiger charge is 2.30. The quantitative estimate of drug-likeness (QED) is 0.756. The van der Waals surface area contributed by atoms with Crippen LogP contribution in [0.2, 0.25) is 5.02 Å². The van der Waals surface area contributed by atoms with Crippen molar-refractivity contribution in [3.05, 3.63) is 63.3 Å². The van der Waals surface area contributed by atoms with Gasteiger partial charge in [-0.1, -0.05) is 39.7 Å². The van der Waals surface area contributed by atoms with Crippen molar-refractivity contribution in [1.29, 1.82) is 0 Å². The molecule has 0 aliphatic heterocycles. The smallest absolute Gasteiger partial charge is 0.147 e. The number of benzene rings is 2. The monoisotopic (exact) mass is 353 g/mol. The molecule has 0 radical (unpaired) electrons. The first-order valence-corrected chi connectivity index (χ1v) is 7.76. The van der Waals surface area contributed by atoms with E-state index in [9.17, 15) is 4.39 Å². The van der Waals surface area contributed by atoms with Gasteiger partial charge in [-0.2, -0.15) is 0 Å². The molecule has 2 aromatic carbocycles. The highest BCUT2D eigenvalue weighted by Crippen LogP contribution is 2.39. The van der Waals surface area contributed by atoms with Crippen LogP contribution < -0.4 is 5.32 Å². The van der Waals surface area contributed by atoms with E-state index in [4.69, 9.17) is 11.6 Å². The topological polar surface area (TPSA) is 12.0 Å². The Kier molecular flexibility index (Phi) is 3.99. The van der Waals surface area contributed by atoms with Gasteiger partial charge in [0.1, 0.15) is 5.82 Å². The number of nitrogens with one attached hydrogen (secondary N) is 1. The van der Waals surface area contributed by atoms with Crippen LogP contribution in [0.1, 0.15) is 24.3 Å². The Morgan fingerprint density at radius 3 is 2.45 bits per heavy atom. The summed E-state index contributed by atoms with van der Waals surface area (Å²) in [4.78, 5) is 0. The second-order valence-electron chi connectivity index (χ2n) is 5.19. The lowest BCUT2D eigenvalue weighted by Gasteiger charge is -2.37. The second kappa shape index (κ2) is 5.74. The molecule has 1 N–H and O–H groups in total. The van der Waals surface area contributed by atoms with Crippen LogP contribution in [0, 0.1) is 5.82 Å². The van der Waals surface area contributed by atoms with Crippen molar-refractivity contribution in [2.75, 3.05) is 5.32 Å². The van der Waals surface area contributed by atoms with E-state index in [1.165, 1.54) is 11.6 Å². The Hall–Kier alpha value is -1.06. The van der Waals surface area contributed by atoms with Crippen LogP contribution in [0.5, 0.6) is 0 Å². The van der Waals surface area contributed by atoms with Crippen LogP contribution in [0.3, 0.4) is 0 Å². The van der Waals surface area contributed by atoms with Crippen LogP contribution in [0.15, 0.2) is 46.9 Å². The summed E-state index contributed by atoms with van der Waals surface area (Å²) in [6.45, 7) is 0. The summed E-state index contributed by atoms with van der Waals surface area (Å²) in [5, 5.41) is 3.67. The lowest BCUT2D eigenvalue weighted by molar-refractivity contribution is 0.373. The number of hydrogen-bond acceptors (Lipinski definition) is 1. The second-order valence-corrected chi connectivity index (χ2v) is 6.54. The van der Waals surface area contributed by atoms with Gasteiger partial charge >= 0.3 is 0 Å². The number of rotatable bonds is 3. The summed E-state index contributed by atoms with van der Waals surface area (Å²) in [7, 11) is 0. The van der Waals surface area contributed by atoms with Gasteiger partial charge in [0, 0.05) is 15.5 Å². The third-order valence-electron chi connectivity index (χ3n) is 3.77. The van der Waals surface area contributed by atoms with Gasteiger partial charge in [-0.15, -0.1) is 0 Å². The molecule has 1 saturated carbocycles. The van der Waals surface area contributed by atoms with Crippen molar-refractivity contribution in [3.8, 4) is 0 Å². The fourth-order valence-corrected chi connectivity index (χ4v) is 2.99. The van der Waals surface area contributed by atoms with Gasteiger partial charge in [-0.25, -0.2) is 4.39 Å². The van der Waals surface area contributed by atoms with Crippen LogP contribution in [0.25, 0.3) is 0 Å². The minimum atomic E-state index is -0.287. The van der Waals surface area contributed by atoms with Crippen molar-refractivity contribution >= 4 is 33.2 Å². The molecule has 3 rings (SSSR count). The summed E-state index contributed by atoms with van der Waals surface area (Å²) in [6.07, 6.45) is 2.06. The van der Waals surface area contributed by atoms with E-state index in [1.807, 2.05) is 0 Å². The van der Waals surface area contributed by atoms with Crippen LogP contribution in [0.4, 0.5) is 10.1 Å². The van der Waals surface area contributed by atoms with Crippen LogP contribution in [-0.4, -0.2) is 6.04 Å². The molecule has 4 heteroatoms. The maximum absolute atomic E-state index is 13.7. The Morgan fingerprint density at radius 2 is 1.80 bits per heavy atom. The van der Waals surface area contributed by atoms with E-state index in [0.29, 0.717) is 22.7 Å². The van der Waals surface area contributed by atoms with E-state index in [-0.39, 0.29) is 5.82 Å². The highest BCUT2D eigenvalue weighted by atomic mass is 79.9. The SMILES string of the molecule is Fc1cc(Cl)ccc1NC1CC(c2ccc(Br)cc2)C1. The van der Waals surface area contributed by atoms with E-state index in [2.05, 4.69) is 45.5 Å². The molecule has 0 heterocycles. The fourth-order valence-electron chi connectivity index (χ4n) is 2.57. The molecule has 1 nitrogen and oxygen atoms in total. The van der Waals surface area contributed by atoms with Gasteiger partial charge < -0.3 is 5.32 Å². The predicted octanol–water partition coefficient (Wildman–Crippen LogP) is 5.60. The van der Waals surface area contributed by atoms with E-state index >= 15 is 0 Å². The minimum Gasteiger partial charge on any atom is -0.380 e. The van der Waals surface area contributed by atoms with Gasteiger partial charge in [0.05, 0.1) is 5.69 Å². The molecule has 1 aliphatic rings. The summed E-state index contributed by atoms with van der Waals surface area (Å²) in [5.74, 6) is 0.278. The molecule has 1 aliphatic carbocycles. The molecular formula is C16H14BrClFN. The molecule has 1 fully saturated rings. The van der Waals surface area contributed by atoms with Crippen molar-refractivity contribution < 1.29 is 4.39 Å². The van der Waals surface area contributed by atoms with Gasteiger partial charge in [-0.05, 0) is 54.7 Å². The van der Waals surface area contributed by atoms with Crippen LogP contribution in [-0.2, 0) is 0 Å². The number of anilines is 1. The molecule has 0 amide bonds. The summed E-state index contributed by atoms with van der Waals surface area (Å²) in [5.41, 5.74) is 1.89. The third-order valence-corrected chi connectivity index (χ3v) is 4.53. The largest absolute Gasteiger partial charge is 0.380 e. The van der Waals surface area contributed by atoms with Crippen LogP contribution >= 0.6 is 27.5 Å². The summed E-state index contributed by atoms with van der Waals surface area (Å²) in [6, 6.07) is 13.5. The molecule has 0 bridgehead atoms. The summed E-state index contributed by atoms with van der Waals surface area (Å²) >= 11 is 9.19. The van der Waals surface area contributed by atoms with Gasteiger partial charge in [0.15, 0.2) is 0 Å². The van der Waals surface area contributed by atoms with Gasteiger partial charge in [-0.3, -0.25) is 0 Å². The Labute approximate surface area is 131 Å². The van der Waals surface area contributed by atoms with Gasteiger partial charge in [0.25, 0.3) is 0 Å². The fraction of sp³-hybridized carbons (Fsp3) is 0.250. The van der Waals surface area contributed by atoms with Crippen molar-refractivity contribution in [2.24, 2.45) is 0 Å². The molecule has 0 aromatic heterocycles. The first kappa shape index (κ1) is 13.9. The van der Waals surface area contributed by atoms with Crippen molar-refractivity contribution in [3.63, 3.8) is 0 Å². The molecule has 2 aromatic rings. The first-order chi connectivity index (χ1) is 9.61. The highest BCUT2D eigenvalue weighted by molar-refractivity contribution is 9.10. The molecular weight excluding hydrogens is 341 g/mol. The van der Waals surface area contributed by atoms with Crippen molar-refractivity contribution in [1.82, 2.24) is 0 Å². The Balaban J connectivity index is 1.59. The average molecular weight is 355 g/mol. The van der Waals surface area contributed by atoms with Gasteiger partial charge in [0.2, 0.25) is 0 Å². The molecule has 0 spiro atoms. The number of hydrogen-bond donors (Lipinski definition) is 1. The zero-order valence-electron chi connectivity index (χ0n) is 10.7. The standard InChI is InChI=1S/C16H14BrClFN/c17-12-3-1-10(2-4-12)11-7-14(8-11)20-16-6-5-13(18)9-15(16)19/h1-6,9,11,14,20H,7-8H2. The summed E-state index contributed by atoms with van der Waals surface area (Å²) < 4.78 is 14.8. The Bertz CT molecular complexity index is 608. The normalized spacial score (nSPS) is 21.4. The molecule has 104 valence electrons. The van der Waals surface area contributed by atoms with Crippen molar-refractivity contribution in [2.45, 2.75) is 24.8 Å². The molecule has 0 atom stereocenters. The Morgan fingerprint density at radius 1 is 1.10 bits per heavy atom. The van der Waals surface area contributed by atoms with E-state index in [1.54, 1.807) is 12.1 Å². The molecule has 0 saturated heterocycles. The average Bonchev–Trinajstić information content (AvgIpc) is 2.37. The first-order valence-electron chi connectivity index (χ1n) is 6.59. The zero-order chi connectivity index (χ0) is 14.1. The maximum Gasteiger partial charge on any atom is 0.147 e. The maximum atomic E-state index is 13.7. The van der Waals surface area contributed by atoms with E-state index < -0.39 is 0 Å². The lowest BCUT2D eigenvalue weighted by Crippen LogP contribution is -2.34. The predicted molar refractivity (Wildman–Crippen MR) is 84.9 cm³/mol. The molecule has 0 unspecified atom stereocenters. The minimum absolute atomic E-state index is 0.287. The third kappa shape index (κ3) is 2.99. The molecule has 20 heavy (non-hydrogen) atoms.